The monoisotopic (exact) mass is 396 g/mol. The summed E-state index contributed by atoms with van der Waals surface area (Å²) in [6.07, 6.45) is 0.706. The normalized spacial score (nSPS) is 17.5. The first-order chi connectivity index (χ1) is 13.3. The molecule has 0 spiro atoms. The van der Waals surface area contributed by atoms with Crippen molar-refractivity contribution in [2.75, 3.05) is 46.5 Å². The number of hydrogen-bond donors (Lipinski definition) is 4. The van der Waals surface area contributed by atoms with Gasteiger partial charge in [0, 0.05) is 44.7 Å². The third-order valence-corrected chi connectivity index (χ3v) is 5.05. The van der Waals surface area contributed by atoms with E-state index in [1.165, 1.54) is 0 Å². The predicted molar refractivity (Wildman–Crippen MR) is 109 cm³/mol. The van der Waals surface area contributed by atoms with Gasteiger partial charge in [-0.2, -0.15) is 0 Å². The number of nitrogens with one attached hydrogen (secondary N) is 1. The summed E-state index contributed by atoms with van der Waals surface area (Å²) in [5.74, 6) is 1.24. The van der Waals surface area contributed by atoms with Crippen LogP contribution in [-0.4, -0.2) is 78.9 Å². The number of likely N-dealkylation sites (tertiary alicyclic amines) is 1. The van der Waals surface area contributed by atoms with Gasteiger partial charge >= 0.3 is 0 Å². The molecule has 28 heavy (non-hydrogen) atoms. The van der Waals surface area contributed by atoms with Crippen molar-refractivity contribution >= 4 is 0 Å². The van der Waals surface area contributed by atoms with Gasteiger partial charge in [0.05, 0.1) is 13.2 Å². The van der Waals surface area contributed by atoms with Crippen LogP contribution in [-0.2, 0) is 6.54 Å². The maximum Gasteiger partial charge on any atom is 0.161 e. The number of ether oxygens (including phenoxy) is 2. The number of methoxy groups -OCH3 is 1. The van der Waals surface area contributed by atoms with E-state index >= 15 is 0 Å². The zero-order chi connectivity index (χ0) is 20.6. The van der Waals surface area contributed by atoms with Crippen molar-refractivity contribution in [3.05, 3.63) is 23.8 Å². The van der Waals surface area contributed by atoms with Crippen LogP contribution in [0, 0.1) is 5.41 Å². The van der Waals surface area contributed by atoms with Crippen LogP contribution in [0.5, 0.6) is 11.5 Å². The number of rotatable bonds is 11. The number of nitrogens with zero attached hydrogens (tertiary/aromatic N) is 1. The lowest BCUT2D eigenvalue weighted by Gasteiger charge is -2.30. The van der Waals surface area contributed by atoms with Crippen molar-refractivity contribution in [1.82, 2.24) is 10.2 Å². The molecule has 1 fully saturated rings. The molecule has 7 heteroatoms. The van der Waals surface area contributed by atoms with Gasteiger partial charge in [-0.25, -0.2) is 0 Å². The highest BCUT2D eigenvalue weighted by Crippen LogP contribution is 2.28. The van der Waals surface area contributed by atoms with Crippen LogP contribution in [0.1, 0.15) is 32.3 Å². The highest BCUT2D eigenvalue weighted by atomic mass is 16.5. The number of aliphatic hydroxyl groups excluding tert-OH is 3. The maximum absolute atomic E-state index is 10.3. The Labute approximate surface area is 168 Å². The Balaban J connectivity index is 1.81. The maximum atomic E-state index is 10.3. The average Bonchev–Trinajstić information content (AvgIpc) is 2.68. The molecule has 1 aliphatic rings. The van der Waals surface area contributed by atoms with Crippen molar-refractivity contribution in [2.45, 2.75) is 45.4 Å². The molecule has 0 saturated carbocycles. The minimum absolute atomic E-state index is 0.135. The molecular weight excluding hydrogens is 360 g/mol. The molecule has 0 bridgehead atoms. The second-order valence-electron chi connectivity index (χ2n) is 8.41. The molecule has 1 aromatic carbocycles. The summed E-state index contributed by atoms with van der Waals surface area (Å²) in [6, 6.07) is 5.75. The molecule has 1 saturated heterocycles. The average molecular weight is 397 g/mol. The van der Waals surface area contributed by atoms with E-state index in [2.05, 4.69) is 10.2 Å². The van der Waals surface area contributed by atoms with Crippen molar-refractivity contribution in [2.24, 2.45) is 5.41 Å². The molecule has 4 N–H and O–H groups in total. The van der Waals surface area contributed by atoms with Gasteiger partial charge in [0.1, 0.15) is 12.7 Å². The van der Waals surface area contributed by atoms with Crippen LogP contribution < -0.4 is 14.8 Å². The molecule has 1 atom stereocenters. The fourth-order valence-electron chi connectivity index (χ4n) is 3.18. The molecule has 1 aromatic rings. The molecule has 2 rings (SSSR count). The van der Waals surface area contributed by atoms with Crippen molar-refractivity contribution in [1.29, 1.82) is 0 Å². The van der Waals surface area contributed by atoms with Gasteiger partial charge in [0.15, 0.2) is 11.5 Å². The zero-order valence-corrected chi connectivity index (χ0v) is 17.4. The van der Waals surface area contributed by atoms with E-state index in [1.54, 1.807) is 7.11 Å². The summed E-state index contributed by atoms with van der Waals surface area (Å²) in [4.78, 5) is 2.15. The summed E-state index contributed by atoms with van der Waals surface area (Å²) in [5, 5.41) is 32.5. The summed E-state index contributed by atoms with van der Waals surface area (Å²) in [7, 11) is 1.60. The van der Waals surface area contributed by atoms with Crippen LogP contribution in [0.25, 0.3) is 0 Å². The lowest BCUT2D eigenvalue weighted by atomic mass is 9.95. The van der Waals surface area contributed by atoms with E-state index in [-0.39, 0.29) is 24.7 Å². The van der Waals surface area contributed by atoms with Gasteiger partial charge in [-0.15, -0.1) is 0 Å². The minimum atomic E-state index is -0.595. The number of aliphatic hydroxyl groups is 3. The van der Waals surface area contributed by atoms with E-state index in [4.69, 9.17) is 9.47 Å². The number of benzene rings is 1. The fraction of sp³-hybridized carbons (Fsp3) is 0.714. The smallest absolute Gasteiger partial charge is 0.161 e. The van der Waals surface area contributed by atoms with E-state index < -0.39 is 6.10 Å². The number of β-amino-alcohol motifs (C(OH)–C–C–N with tert-alkyl or cyclic N) is 1. The molecular formula is C21H36N2O5. The molecule has 0 aliphatic carbocycles. The van der Waals surface area contributed by atoms with Crippen LogP contribution >= 0.6 is 0 Å². The standard InChI is InChI=1S/C21H36N2O5/c1-21(2,15-24)14-22-11-16-4-5-19(20(10-16)27-3)28-13-18(26)12-23-8-6-17(25)7-9-23/h4-5,10,17-18,22,24-26H,6-9,11-15H2,1-3H3/t18-/m0/s1. The highest BCUT2D eigenvalue weighted by Gasteiger charge is 2.20. The van der Waals surface area contributed by atoms with E-state index in [0.29, 0.717) is 31.1 Å². The Morgan fingerprint density at radius 1 is 1.25 bits per heavy atom. The zero-order valence-electron chi connectivity index (χ0n) is 17.4. The van der Waals surface area contributed by atoms with Gasteiger partial charge < -0.3 is 35.0 Å². The Hall–Kier alpha value is -1.38. The molecule has 0 aromatic heterocycles. The first-order valence-corrected chi connectivity index (χ1v) is 10.0. The predicted octanol–water partition coefficient (Wildman–Crippen LogP) is 1.000. The molecule has 7 nitrogen and oxygen atoms in total. The van der Waals surface area contributed by atoms with Crippen LogP contribution in [0.3, 0.4) is 0 Å². The Morgan fingerprint density at radius 3 is 2.61 bits per heavy atom. The lowest BCUT2D eigenvalue weighted by Crippen LogP contribution is -2.41. The summed E-state index contributed by atoms with van der Waals surface area (Å²) in [6.45, 7) is 7.87. The number of piperidine rings is 1. The Morgan fingerprint density at radius 2 is 1.96 bits per heavy atom. The first kappa shape index (κ1) is 22.9. The fourth-order valence-corrected chi connectivity index (χ4v) is 3.18. The highest BCUT2D eigenvalue weighted by molar-refractivity contribution is 5.43. The van der Waals surface area contributed by atoms with Crippen LogP contribution in [0.15, 0.2) is 18.2 Å². The first-order valence-electron chi connectivity index (χ1n) is 10.0. The molecule has 0 radical (unpaired) electrons. The SMILES string of the molecule is COc1cc(CNCC(C)(C)CO)ccc1OC[C@@H](O)CN1CCC(O)CC1. The molecule has 160 valence electrons. The van der Waals surface area contributed by atoms with E-state index in [1.807, 2.05) is 32.0 Å². The van der Waals surface area contributed by atoms with Gasteiger partial charge in [-0.1, -0.05) is 19.9 Å². The van der Waals surface area contributed by atoms with Crippen LogP contribution in [0.2, 0.25) is 0 Å². The van der Waals surface area contributed by atoms with Crippen molar-refractivity contribution in [3.63, 3.8) is 0 Å². The third-order valence-electron chi connectivity index (χ3n) is 5.05. The Bertz CT molecular complexity index is 588. The lowest BCUT2D eigenvalue weighted by molar-refractivity contribution is 0.0333. The second kappa shape index (κ2) is 11.0. The summed E-state index contributed by atoms with van der Waals surface area (Å²) in [5.41, 5.74) is 0.903. The number of hydrogen-bond acceptors (Lipinski definition) is 7. The van der Waals surface area contributed by atoms with Gasteiger partial charge in [0.25, 0.3) is 0 Å². The van der Waals surface area contributed by atoms with Gasteiger partial charge in [-0.05, 0) is 30.5 Å². The second-order valence-corrected chi connectivity index (χ2v) is 8.41. The van der Waals surface area contributed by atoms with E-state index in [9.17, 15) is 15.3 Å². The topological polar surface area (TPSA) is 94.4 Å². The largest absolute Gasteiger partial charge is 0.493 e. The Kier molecular flexibility index (Phi) is 8.98. The third kappa shape index (κ3) is 7.56. The molecule has 0 unspecified atom stereocenters. The summed E-state index contributed by atoms with van der Waals surface area (Å²) < 4.78 is 11.2. The van der Waals surface area contributed by atoms with Gasteiger partial charge in [0.2, 0.25) is 0 Å². The molecule has 1 heterocycles. The van der Waals surface area contributed by atoms with Gasteiger partial charge in [-0.3, -0.25) is 0 Å². The quantitative estimate of drug-likeness (QED) is 0.443. The molecule has 0 amide bonds. The molecule has 1 aliphatic heterocycles. The minimum Gasteiger partial charge on any atom is -0.493 e. The van der Waals surface area contributed by atoms with Crippen LogP contribution in [0.4, 0.5) is 0 Å². The van der Waals surface area contributed by atoms with E-state index in [0.717, 1.165) is 31.5 Å². The summed E-state index contributed by atoms with van der Waals surface area (Å²) >= 11 is 0. The van der Waals surface area contributed by atoms with Crippen molar-refractivity contribution in [3.8, 4) is 11.5 Å². The van der Waals surface area contributed by atoms with Crippen molar-refractivity contribution < 1.29 is 24.8 Å².